The first-order chi connectivity index (χ1) is 21.9. The summed E-state index contributed by atoms with van der Waals surface area (Å²) in [6.45, 7) is 13.8. The number of hydrogen-bond donors (Lipinski definition) is 0. The maximum Gasteiger partial charge on any atom is 0.432 e. The lowest BCUT2D eigenvalue weighted by atomic mass is 9.97. The third kappa shape index (κ3) is 9.89. The van der Waals surface area contributed by atoms with Crippen molar-refractivity contribution in [3.63, 3.8) is 0 Å². The maximum atomic E-state index is 15.1. The molecule has 0 atom stereocenters. The van der Waals surface area contributed by atoms with E-state index in [0.717, 1.165) is 17.3 Å². The van der Waals surface area contributed by atoms with Crippen LogP contribution in [0.5, 0.6) is 0 Å². The van der Waals surface area contributed by atoms with Gasteiger partial charge < -0.3 is 14.2 Å². The average Bonchev–Trinajstić information content (AvgIpc) is 3.50. The number of allylic oxidation sites excluding steroid dienone is 2. The minimum absolute atomic E-state index is 0.132. The fourth-order valence-electron chi connectivity index (χ4n) is 4.03. The van der Waals surface area contributed by atoms with Crippen LogP contribution >= 0.6 is 0 Å². The molecule has 1 aliphatic heterocycles. The second-order valence-corrected chi connectivity index (χ2v) is 11.1. The smallest absolute Gasteiger partial charge is 0.420 e. The first-order valence-corrected chi connectivity index (χ1v) is 14.5. The van der Waals surface area contributed by atoms with Crippen LogP contribution in [0.2, 0.25) is 0 Å². The van der Waals surface area contributed by atoms with E-state index in [2.05, 4.69) is 21.8 Å². The molecule has 0 saturated carbocycles. The van der Waals surface area contributed by atoms with Gasteiger partial charge in [0.25, 0.3) is 11.8 Å². The summed E-state index contributed by atoms with van der Waals surface area (Å²) in [5.74, 6) is -3.50. The standard InChI is InChI=1S/C28H27F6N5O2.C3H4O.C2H6/c1-16(28(32,33)34)35-15-38(5)18-8-6-17(7-9-18)14-39-22-12-19(24-36-37-25(41-24)26(2,3)4)21(29)13-20(22)27(30,31)11-10-23(39)40;1-2-3-4;1-2/h6-9,12-13,15H,1,10-11,14H2,2-5H3;2H,1H3;1-2H3. The van der Waals surface area contributed by atoms with Crippen LogP contribution in [-0.4, -0.2) is 41.6 Å². The molecule has 1 amide bonds. The van der Waals surface area contributed by atoms with Crippen molar-refractivity contribution >= 4 is 29.6 Å². The third-order valence-electron chi connectivity index (χ3n) is 6.54. The Morgan fingerprint density at radius 1 is 1.15 bits per heavy atom. The highest BCUT2D eigenvalue weighted by atomic mass is 19.4. The molecule has 0 N–H and O–H groups in total. The topological polar surface area (TPSA) is 91.9 Å². The largest absolute Gasteiger partial charge is 0.432 e. The minimum atomic E-state index is -4.66. The van der Waals surface area contributed by atoms with E-state index in [0.29, 0.717) is 17.3 Å². The highest BCUT2D eigenvalue weighted by Gasteiger charge is 2.41. The van der Waals surface area contributed by atoms with Crippen molar-refractivity contribution in [3.05, 3.63) is 77.6 Å². The highest BCUT2D eigenvalue weighted by Crippen LogP contribution is 2.45. The molecule has 0 fully saturated rings. The van der Waals surface area contributed by atoms with Crippen molar-refractivity contribution in [1.29, 1.82) is 0 Å². The van der Waals surface area contributed by atoms with Crippen LogP contribution in [0.4, 0.5) is 37.7 Å². The van der Waals surface area contributed by atoms with E-state index in [1.165, 1.54) is 18.0 Å². The van der Waals surface area contributed by atoms with Gasteiger partial charge in [-0.15, -0.1) is 10.2 Å². The fraction of sp³-hybridized carbons (Fsp3) is 0.394. The Bertz CT molecular complexity index is 1620. The van der Waals surface area contributed by atoms with Crippen LogP contribution < -0.4 is 9.80 Å². The number of fused-ring (bicyclic) bond motifs is 1. The predicted molar refractivity (Wildman–Crippen MR) is 169 cm³/mol. The number of amides is 1. The zero-order chi connectivity index (χ0) is 35.7. The lowest BCUT2D eigenvalue weighted by Crippen LogP contribution is -2.29. The molecule has 8 nitrogen and oxygen atoms in total. The number of halogens is 6. The minimum Gasteiger partial charge on any atom is -0.420 e. The van der Waals surface area contributed by atoms with Gasteiger partial charge >= 0.3 is 6.18 Å². The van der Waals surface area contributed by atoms with Gasteiger partial charge in [0, 0.05) is 36.6 Å². The second-order valence-electron chi connectivity index (χ2n) is 11.1. The van der Waals surface area contributed by atoms with Crippen molar-refractivity contribution in [1.82, 2.24) is 10.2 Å². The van der Waals surface area contributed by atoms with Crippen LogP contribution in [0.1, 0.15) is 71.4 Å². The SMILES string of the molecule is C=C(N=CN(C)c1ccc(CN2C(=O)CCC(F)(F)c3cc(F)c(-c4nnc(C(C)(C)C)o4)cc32)cc1)C(F)(F)F.CC.CC=C=O. The first kappa shape index (κ1) is 38.5. The Kier molecular flexibility index (Phi) is 12.9. The second kappa shape index (κ2) is 15.7. The zero-order valence-corrected chi connectivity index (χ0v) is 27.2. The van der Waals surface area contributed by atoms with Gasteiger partial charge in [-0.1, -0.05) is 53.3 Å². The molecule has 4 rings (SSSR count). The molecule has 0 aliphatic carbocycles. The molecular formula is C33H37F6N5O3. The molecule has 47 heavy (non-hydrogen) atoms. The summed E-state index contributed by atoms with van der Waals surface area (Å²) in [6.07, 6.45) is -3.65. The summed E-state index contributed by atoms with van der Waals surface area (Å²) < 4.78 is 88.8. The van der Waals surface area contributed by atoms with Gasteiger partial charge in [-0.25, -0.2) is 23.0 Å². The highest BCUT2D eigenvalue weighted by molar-refractivity contribution is 5.96. The van der Waals surface area contributed by atoms with E-state index in [1.54, 1.807) is 37.1 Å². The number of aromatic nitrogens is 2. The monoisotopic (exact) mass is 665 g/mol. The molecule has 2 aromatic carbocycles. The van der Waals surface area contributed by atoms with E-state index < -0.39 is 53.3 Å². The van der Waals surface area contributed by atoms with Crippen molar-refractivity contribution < 1.29 is 40.3 Å². The summed E-state index contributed by atoms with van der Waals surface area (Å²) in [4.78, 5) is 27.8. The Hall–Kier alpha value is -4.71. The van der Waals surface area contributed by atoms with E-state index in [4.69, 9.17) is 9.21 Å². The molecule has 0 bridgehead atoms. The summed E-state index contributed by atoms with van der Waals surface area (Å²) in [5, 5.41) is 7.82. The van der Waals surface area contributed by atoms with E-state index in [-0.39, 0.29) is 29.6 Å². The number of benzene rings is 2. The predicted octanol–water partition coefficient (Wildman–Crippen LogP) is 8.55. The molecule has 0 spiro atoms. The molecule has 14 heteroatoms. The zero-order valence-electron chi connectivity index (χ0n) is 27.2. The number of nitrogens with zero attached hydrogens (tertiary/aromatic N) is 5. The molecule has 2 heterocycles. The van der Waals surface area contributed by atoms with Gasteiger partial charge in [-0.3, -0.25) is 4.79 Å². The number of rotatable bonds is 6. The molecular weight excluding hydrogens is 628 g/mol. The lowest BCUT2D eigenvalue weighted by Gasteiger charge is -2.25. The number of carbonyl (C=O) groups excluding carboxylic acids is 2. The van der Waals surface area contributed by atoms with Crippen molar-refractivity contribution in [2.24, 2.45) is 4.99 Å². The normalized spacial score (nSPS) is 14.1. The number of anilines is 2. The molecule has 1 aliphatic rings. The lowest BCUT2D eigenvalue weighted by molar-refractivity contribution is -0.120. The Balaban J connectivity index is 0.00000119. The average molecular weight is 666 g/mol. The quantitative estimate of drug-likeness (QED) is 0.113. The molecule has 0 saturated heterocycles. The van der Waals surface area contributed by atoms with E-state index in [9.17, 15) is 18.0 Å². The Morgan fingerprint density at radius 2 is 1.74 bits per heavy atom. The summed E-state index contributed by atoms with van der Waals surface area (Å²) in [5.41, 5.74) is -1.86. The van der Waals surface area contributed by atoms with Crippen LogP contribution in [0.15, 0.2) is 64.2 Å². The number of hydrogen-bond acceptors (Lipinski definition) is 6. The van der Waals surface area contributed by atoms with Crippen molar-refractivity contribution in [2.75, 3.05) is 16.8 Å². The number of aliphatic imine (C=N–C) groups is 1. The van der Waals surface area contributed by atoms with Gasteiger partial charge in [0.2, 0.25) is 11.8 Å². The molecule has 3 aromatic rings. The number of alkyl halides is 5. The van der Waals surface area contributed by atoms with E-state index in [1.807, 2.05) is 34.6 Å². The van der Waals surface area contributed by atoms with Crippen molar-refractivity contribution in [2.45, 2.75) is 78.4 Å². The molecule has 0 unspecified atom stereocenters. The summed E-state index contributed by atoms with van der Waals surface area (Å²) in [7, 11) is 1.48. The first-order valence-electron chi connectivity index (χ1n) is 14.5. The van der Waals surface area contributed by atoms with Gasteiger partial charge in [-0.2, -0.15) is 13.2 Å². The number of carbonyl (C=O) groups is 1. The molecule has 254 valence electrons. The van der Waals surface area contributed by atoms with Gasteiger partial charge in [0.05, 0.1) is 24.1 Å². The van der Waals surface area contributed by atoms with Crippen LogP contribution in [-0.2, 0) is 27.5 Å². The van der Waals surface area contributed by atoms with Crippen LogP contribution in [0.3, 0.4) is 0 Å². The van der Waals surface area contributed by atoms with Crippen molar-refractivity contribution in [3.8, 4) is 11.5 Å². The molecule has 0 radical (unpaired) electrons. The summed E-state index contributed by atoms with van der Waals surface area (Å²) >= 11 is 0. The Labute approximate surface area is 269 Å². The Morgan fingerprint density at radius 3 is 2.26 bits per heavy atom. The van der Waals surface area contributed by atoms with Gasteiger partial charge in [0.1, 0.15) is 17.5 Å². The summed E-state index contributed by atoms with van der Waals surface area (Å²) in [6, 6.07) is 8.13. The van der Waals surface area contributed by atoms with E-state index >= 15 is 13.2 Å². The maximum absolute atomic E-state index is 15.1. The van der Waals surface area contributed by atoms with Gasteiger partial charge in [-0.05, 0) is 42.8 Å². The molecule has 1 aromatic heterocycles. The van der Waals surface area contributed by atoms with Crippen LogP contribution in [0.25, 0.3) is 11.5 Å². The fourth-order valence-corrected chi connectivity index (χ4v) is 4.03. The van der Waals surface area contributed by atoms with Crippen LogP contribution in [0, 0.1) is 5.82 Å². The third-order valence-corrected chi connectivity index (χ3v) is 6.54. The van der Waals surface area contributed by atoms with Gasteiger partial charge in [0.15, 0.2) is 0 Å².